The van der Waals surface area contributed by atoms with Crippen LogP contribution in [0.25, 0.3) is 11.5 Å². The number of aromatic nitrogens is 1. The van der Waals surface area contributed by atoms with E-state index in [9.17, 15) is 9.90 Å². The van der Waals surface area contributed by atoms with Gasteiger partial charge in [0.15, 0.2) is 0 Å². The molecule has 0 fully saturated rings. The van der Waals surface area contributed by atoms with Crippen LogP contribution in [0.3, 0.4) is 0 Å². The summed E-state index contributed by atoms with van der Waals surface area (Å²) >= 11 is 0. The first-order valence-electron chi connectivity index (χ1n) is 10.4. The first kappa shape index (κ1) is 21.0. The molecule has 1 aliphatic heterocycles. The van der Waals surface area contributed by atoms with Gasteiger partial charge in [-0.15, -0.1) is 0 Å². The molecule has 0 bridgehead atoms. The second-order valence-electron chi connectivity index (χ2n) is 9.00. The van der Waals surface area contributed by atoms with Crippen LogP contribution in [0, 0.1) is 18.3 Å². The number of benzene rings is 2. The van der Waals surface area contributed by atoms with Crippen molar-refractivity contribution in [2.24, 2.45) is 11.3 Å². The van der Waals surface area contributed by atoms with E-state index in [-0.39, 0.29) is 12.0 Å². The van der Waals surface area contributed by atoms with Gasteiger partial charge < -0.3 is 19.0 Å². The summed E-state index contributed by atoms with van der Waals surface area (Å²) in [5.74, 6) is 1.19. The smallest absolute Gasteiger partial charge is 0.310 e. The molecule has 1 aromatic heterocycles. The van der Waals surface area contributed by atoms with E-state index in [1.165, 1.54) is 0 Å². The summed E-state index contributed by atoms with van der Waals surface area (Å²) in [6.07, 6.45) is 0.0226. The highest BCUT2D eigenvalue weighted by molar-refractivity contribution is 5.72. The van der Waals surface area contributed by atoms with Crippen LogP contribution in [0.1, 0.15) is 37.8 Å². The van der Waals surface area contributed by atoms with Crippen molar-refractivity contribution in [3.63, 3.8) is 0 Å². The van der Waals surface area contributed by atoms with Crippen molar-refractivity contribution >= 4 is 5.97 Å². The van der Waals surface area contributed by atoms with Crippen molar-refractivity contribution in [3.05, 3.63) is 65.5 Å². The zero-order valence-electron chi connectivity index (χ0n) is 18.2. The average molecular weight is 421 g/mol. The third-order valence-corrected chi connectivity index (χ3v) is 5.56. The summed E-state index contributed by atoms with van der Waals surface area (Å²) in [6, 6.07) is 15.3. The van der Waals surface area contributed by atoms with Crippen LogP contribution in [0.5, 0.6) is 11.5 Å². The molecule has 0 aliphatic carbocycles. The summed E-state index contributed by atoms with van der Waals surface area (Å²) in [5.41, 5.74) is 2.23. The van der Waals surface area contributed by atoms with E-state index >= 15 is 0 Å². The van der Waals surface area contributed by atoms with E-state index in [0.29, 0.717) is 29.6 Å². The van der Waals surface area contributed by atoms with Crippen LogP contribution in [-0.4, -0.2) is 22.2 Å². The van der Waals surface area contributed by atoms with Gasteiger partial charge in [-0.25, -0.2) is 4.98 Å². The van der Waals surface area contributed by atoms with E-state index in [2.05, 4.69) is 4.98 Å². The van der Waals surface area contributed by atoms with Crippen molar-refractivity contribution in [1.29, 1.82) is 0 Å². The predicted molar refractivity (Wildman–Crippen MR) is 116 cm³/mol. The molecule has 1 N–H and O–H groups in total. The number of fused-ring (bicyclic) bond motifs is 1. The average Bonchev–Trinajstić information content (AvgIpc) is 3.11. The summed E-state index contributed by atoms with van der Waals surface area (Å²) < 4.78 is 17.9. The Kier molecular flexibility index (Phi) is 5.48. The van der Waals surface area contributed by atoms with Gasteiger partial charge in [0.25, 0.3) is 0 Å². The van der Waals surface area contributed by atoms with Gasteiger partial charge in [0.2, 0.25) is 5.89 Å². The number of hydrogen-bond donors (Lipinski definition) is 1. The predicted octanol–water partition coefficient (Wildman–Crippen LogP) is 5.28. The fraction of sp³-hybridized carbons (Fsp3) is 0.360. The molecule has 162 valence electrons. The maximum Gasteiger partial charge on any atom is 0.310 e. The molecule has 31 heavy (non-hydrogen) atoms. The van der Waals surface area contributed by atoms with E-state index in [4.69, 9.17) is 13.9 Å². The Hall–Kier alpha value is -3.28. The monoisotopic (exact) mass is 421 g/mol. The highest BCUT2D eigenvalue weighted by atomic mass is 16.5. The second-order valence-corrected chi connectivity index (χ2v) is 9.00. The number of ether oxygens (including phenoxy) is 2. The van der Waals surface area contributed by atoms with Crippen LogP contribution in [0.2, 0.25) is 0 Å². The Bertz CT molecular complexity index is 1080. The minimum atomic E-state index is -0.832. The van der Waals surface area contributed by atoms with Gasteiger partial charge in [-0.1, -0.05) is 45.0 Å². The van der Waals surface area contributed by atoms with E-state index < -0.39 is 18.0 Å². The van der Waals surface area contributed by atoms with Gasteiger partial charge in [-0.2, -0.15) is 0 Å². The molecule has 1 aliphatic rings. The molecule has 2 unspecified atom stereocenters. The van der Waals surface area contributed by atoms with Crippen molar-refractivity contribution in [1.82, 2.24) is 4.98 Å². The first-order valence-corrected chi connectivity index (χ1v) is 10.4. The first-order chi connectivity index (χ1) is 14.7. The van der Waals surface area contributed by atoms with Crippen LogP contribution in [-0.2, 0) is 17.8 Å². The van der Waals surface area contributed by atoms with Crippen LogP contribution in [0.15, 0.2) is 52.9 Å². The Morgan fingerprint density at radius 3 is 2.61 bits per heavy atom. The number of carboxylic acid groups (broad SMARTS) is 1. The van der Waals surface area contributed by atoms with Crippen LogP contribution >= 0.6 is 0 Å². The number of carbonyl (C=O) groups is 1. The molecular weight excluding hydrogens is 394 g/mol. The summed E-state index contributed by atoms with van der Waals surface area (Å²) in [6.45, 7) is 8.12. The standard InChI is InChI=1S/C25H27NO5/c1-15-20(26-23(30-15)16-8-6-5-7-9-16)14-29-18-11-10-17-12-19(24(27)28)22(25(2,3)4)31-21(17)13-18/h5-11,13,19,22H,12,14H2,1-4H3,(H,27,28). The molecule has 0 radical (unpaired) electrons. The van der Waals surface area contributed by atoms with Crippen molar-refractivity contribution < 1.29 is 23.8 Å². The number of oxazole rings is 1. The van der Waals surface area contributed by atoms with E-state index in [1.54, 1.807) is 0 Å². The number of hydrogen-bond acceptors (Lipinski definition) is 5. The lowest BCUT2D eigenvalue weighted by Gasteiger charge is -2.39. The van der Waals surface area contributed by atoms with Gasteiger partial charge in [0.1, 0.15) is 35.7 Å². The lowest BCUT2D eigenvalue weighted by molar-refractivity contribution is -0.148. The van der Waals surface area contributed by atoms with Gasteiger partial charge in [-0.05, 0) is 42.5 Å². The number of aliphatic carboxylic acids is 1. The Balaban J connectivity index is 1.51. The van der Waals surface area contributed by atoms with Crippen molar-refractivity contribution in [2.75, 3.05) is 0 Å². The minimum Gasteiger partial charge on any atom is -0.489 e. The van der Waals surface area contributed by atoms with E-state index in [1.807, 2.05) is 76.2 Å². The summed E-state index contributed by atoms with van der Waals surface area (Å²) in [4.78, 5) is 16.3. The summed E-state index contributed by atoms with van der Waals surface area (Å²) in [5, 5.41) is 9.65. The Morgan fingerprint density at radius 1 is 1.19 bits per heavy atom. The Labute approximate surface area is 181 Å². The zero-order valence-corrected chi connectivity index (χ0v) is 18.2. The summed E-state index contributed by atoms with van der Waals surface area (Å²) in [7, 11) is 0. The third kappa shape index (κ3) is 4.43. The lowest BCUT2D eigenvalue weighted by atomic mass is 9.77. The molecule has 2 aromatic carbocycles. The zero-order chi connectivity index (χ0) is 22.2. The Morgan fingerprint density at radius 2 is 1.94 bits per heavy atom. The van der Waals surface area contributed by atoms with Crippen molar-refractivity contribution in [3.8, 4) is 23.0 Å². The van der Waals surface area contributed by atoms with Crippen molar-refractivity contribution in [2.45, 2.75) is 46.8 Å². The number of nitrogens with zero attached hydrogens (tertiary/aromatic N) is 1. The fourth-order valence-electron chi connectivity index (χ4n) is 3.88. The highest BCUT2D eigenvalue weighted by Crippen LogP contribution is 2.40. The molecular formula is C25H27NO5. The van der Waals surface area contributed by atoms with E-state index in [0.717, 1.165) is 16.8 Å². The second kappa shape index (κ2) is 8.10. The molecule has 0 saturated heterocycles. The van der Waals surface area contributed by atoms with Gasteiger partial charge >= 0.3 is 5.97 Å². The molecule has 0 amide bonds. The number of rotatable bonds is 5. The molecule has 2 heterocycles. The number of aryl methyl sites for hydroxylation is 1. The molecule has 3 aromatic rings. The van der Waals surface area contributed by atoms with Gasteiger partial charge in [0, 0.05) is 11.6 Å². The third-order valence-electron chi connectivity index (χ3n) is 5.56. The maximum atomic E-state index is 11.8. The normalized spacial score (nSPS) is 18.2. The number of carboxylic acids is 1. The minimum absolute atomic E-state index is 0.265. The molecule has 4 rings (SSSR count). The fourth-order valence-corrected chi connectivity index (χ4v) is 3.88. The van der Waals surface area contributed by atoms with Crippen LogP contribution < -0.4 is 9.47 Å². The topological polar surface area (TPSA) is 81.8 Å². The molecule has 6 heteroatoms. The van der Waals surface area contributed by atoms with Gasteiger partial charge in [0.05, 0.1) is 5.92 Å². The largest absolute Gasteiger partial charge is 0.489 e. The molecule has 6 nitrogen and oxygen atoms in total. The molecule has 0 saturated carbocycles. The maximum absolute atomic E-state index is 11.8. The SMILES string of the molecule is Cc1oc(-c2ccccc2)nc1COc1ccc2c(c1)OC(C(C)(C)C)C(C(=O)O)C2. The molecule has 0 spiro atoms. The van der Waals surface area contributed by atoms with Gasteiger partial charge in [-0.3, -0.25) is 4.79 Å². The quantitative estimate of drug-likeness (QED) is 0.604. The van der Waals surface area contributed by atoms with Crippen LogP contribution in [0.4, 0.5) is 0 Å². The molecule has 2 atom stereocenters. The highest BCUT2D eigenvalue weighted by Gasteiger charge is 2.42. The lowest BCUT2D eigenvalue weighted by Crippen LogP contribution is -2.46.